The van der Waals surface area contributed by atoms with E-state index < -0.39 is 0 Å². The maximum atomic E-state index is 5.20. The molecule has 0 aliphatic heterocycles. The fourth-order valence-corrected chi connectivity index (χ4v) is 3.20. The van der Waals surface area contributed by atoms with E-state index >= 15 is 0 Å². The van der Waals surface area contributed by atoms with Crippen LogP contribution in [0.1, 0.15) is 42.5 Å². The zero-order valence-corrected chi connectivity index (χ0v) is 19.0. The molecule has 25 heavy (non-hydrogen) atoms. The van der Waals surface area contributed by atoms with Crippen molar-refractivity contribution in [2.45, 2.75) is 40.2 Å². The fraction of sp³-hybridized carbons (Fsp3) is 0.444. The molecule has 2 rings (SSSR count). The van der Waals surface area contributed by atoms with Gasteiger partial charge in [-0.3, -0.25) is 4.99 Å². The van der Waals surface area contributed by atoms with Crippen LogP contribution >= 0.6 is 39.9 Å². The largest absolute Gasteiger partial charge is 0.361 e. The minimum Gasteiger partial charge on any atom is -0.361 e. The number of nitrogens with one attached hydrogen (secondary N) is 2. The molecule has 0 bridgehead atoms. The molecule has 2 N–H and O–H groups in total. The van der Waals surface area contributed by atoms with Gasteiger partial charge in [0.05, 0.1) is 11.7 Å². The Morgan fingerprint density at radius 3 is 2.64 bits per heavy atom. The topological polar surface area (TPSA) is 62.5 Å². The lowest BCUT2D eigenvalue weighted by Gasteiger charge is -2.19. The van der Waals surface area contributed by atoms with Crippen molar-refractivity contribution in [1.29, 1.82) is 0 Å². The molecule has 7 heteroatoms. The summed E-state index contributed by atoms with van der Waals surface area (Å²) < 4.78 is 6.29. The van der Waals surface area contributed by atoms with Gasteiger partial charge in [0.15, 0.2) is 5.96 Å². The molecule has 1 atom stereocenters. The first-order chi connectivity index (χ1) is 11.5. The van der Waals surface area contributed by atoms with E-state index in [9.17, 15) is 0 Å². The lowest BCUT2D eigenvalue weighted by molar-refractivity contribution is 0.392. The Bertz CT molecular complexity index is 683. The van der Waals surface area contributed by atoms with Crippen LogP contribution in [0.15, 0.2) is 38.3 Å². The van der Waals surface area contributed by atoms with Gasteiger partial charge in [0.25, 0.3) is 0 Å². The van der Waals surface area contributed by atoms with Gasteiger partial charge in [-0.2, -0.15) is 0 Å². The third-order valence-corrected chi connectivity index (χ3v) is 4.60. The molecule has 5 nitrogen and oxygen atoms in total. The summed E-state index contributed by atoms with van der Waals surface area (Å²) in [4.78, 5) is 4.68. The quantitative estimate of drug-likeness (QED) is 0.333. The normalized spacial score (nSPS) is 12.4. The SMILES string of the molecule is CCNC(=NCCc1c(C)noc1C)NC(C)c1ccccc1Br.I. The predicted molar refractivity (Wildman–Crippen MR) is 117 cm³/mol. The van der Waals surface area contributed by atoms with Gasteiger partial charge in [0.2, 0.25) is 0 Å². The molecule has 0 spiro atoms. The predicted octanol–water partition coefficient (Wildman–Crippen LogP) is 4.53. The van der Waals surface area contributed by atoms with Crippen molar-refractivity contribution in [3.05, 3.63) is 51.3 Å². The number of aromatic nitrogens is 1. The number of halogens is 2. The monoisotopic (exact) mass is 520 g/mol. The fourth-order valence-electron chi connectivity index (χ4n) is 2.57. The highest BCUT2D eigenvalue weighted by Crippen LogP contribution is 2.22. The number of nitrogens with zero attached hydrogens (tertiary/aromatic N) is 2. The maximum absolute atomic E-state index is 5.20. The number of aliphatic imine (C=N–C) groups is 1. The van der Waals surface area contributed by atoms with Crippen LogP contribution in [0, 0.1) is 13.8 Å². The molecular formula is C18H26BrIN4O. The van der Waals surface area contributed by atoms with Crippen LogP contribution in [0.25, 0.3) is 0 Å². The minimum absolute atomic E-state index is 0. The second kappa shape index (κ2) is 10.8. The van der Waals surface area contributed by atoms with Crippen molar-refractivity contribution >= 4 is 45.9 Å². The van der Waals surface area contributed by atoms with Gasteiger partial charge in [-0.1, -0.05) is 39.3 Å². The Balaban J connectivity index is 0.00000312. The van der Waals surface area contributed by atoms with Crippen LogP contribution in [0.3, 0.4) is 0 Å². The highest BCUT2D eigenvalue weighted by Gasteiger charge is 2.11. The molecule has 0 radical (unpaired) electrons. The van der Waals surface area contributed by atoms with Crippen LogP contribution in [0.4, 0.5) is 0 Å². The molecule has 0 saturated heterocycles. The van der Waals surface area contributed by atoms with Gasteiger partial charge in [0, 0.05) is 23.1 Å². The number of aryl methyl sites for hydroxylation is 2. The molecule has 0 amide bonds. The smallest absolute Gasteiger partial charge is 0.191 e. The standard InChI is InChI=1S/C18H25BrN4O.HI/c1-5-20-18(21-11-10-15-13(3)23-24-14(15)4)22-12(2)16-8-6-7-9-17(16)19;/h6-9,12H,5,10-11H2,1-4H3,(H2,20,21,22);1H. The summed E-state index contributed by atoms with van der Waals surface area (Å²) >= 11 is 3.60. The van der Waals surface area contributed by atoms with Gasteiger partial charge in [-0.25, -0.2) is 0 Å². The maximum Gasteiger partial charge on any atom is 0.191 e. The molecule has 0 aliphatic rings. The number of rotatable bonds is 6. The Labute approximate surface area is 175 Å². The van der Waals surface area contributed by atoms with Crippen molar-refractivity contribution in [2.24, 2.45) is 4.99 Å². The molecule has 1 aromatic heterocycles. The number of guanidine groups is 1. The Morgan fingerprint density at radius 1 is 1.32 bits per heavy atom. The highest BCUT2D eigenvalue weighted by atomic mass is 127. The molecule has 1 aromatic carbocycles. The lowest BCUT2D eigenvalue weighted by atomic mass is 10.1. The summed E-state index contributed by atoms with van der Waals surface area (Å²) in [6, 6.07) is 8.37. The van der Waals surface area contributed by atoms with Crippen LogP contribution in [0.2, 0.25) is 0 Å². The summed E-state index contributed by atoms with van der Waals surface area (Å²) in [7, 11) is 0. The van der Waals surface area contributed by atoms with Crippen molar-refractivity contribution in [3.63, 3.8) is 0 Å². The summed E-state index contributed by atoms with van der Waals surface area (Å²) in [5.74, 6) is 1.69. The first kappa shape index (κ1) is 22.0. The number of hydrogen-bond donors (Lipinski definition) is 2. The summed E-state index contributed by atoms with van der Waals surface area (Å²) in [5, 5.41) is 10.7. The number of hydrogen-bond acceptors (Lipinski definition) is 3. The van der Waals surface area contributed by atoms with Gasteiger partial charge in [-0.15, -0.1) is 24.0 Å². The Morgan fingerprint density at radius 2 is 2.04 bits per heavy atom. The van der Waals surface area contributed by atoms with Crippen LogP contribution in [-0.4, -0.2) is 24.2 Å². The van der Waals surface area contributed by atoms with E-state index in [-0.39, 0.29) is 30.0 Å². The molecule has 1 heterocycles. The average molecular weight is 521 g/mol. The molecule has 138 valence electrons. The zero-order valence-electron chi connectivity index (χ0n) is 15.1. The van der Waals surface area contributed by atoms with E-state index in [2.05, 4.69) is 62.7 Å². The summed E-state index contributed by atoms with van der Waals surface area (Å²) in [6.45, 7) is 9.60. The van der Waals surface area contributed by atoms with E-state index in [4.69, 9.17) is 4.52 Å². The molecular weight excluding hydrogens is 495 g/mol. The third kappa shape index (κ3) is 6.29. The Hall–Kier alpha value is -1.09. The van der Waals surface area contributed by atoms with Crippen LogP contribution < -0.4 is 10.6 Å². The van der Waals surface area contributed by atoms with E-state index in [0.717, 1.165) is 40.4 Å². The van der Waals surface area contributed by atoms with Gasteiger partial charge in [-0.05, 0) is 45.7 Å². The first-order valence-electron chi connectivity index (χ1n) is 8.24. The molecule has 1 unspecified atom stereocenters. The molecule has 2 aromatic rings. The average Bonchev–Trinajstić information content (AvgIpc) is 2.87. The van der Waals surface area contributed by atoms with Crippen molar-refractivity contribution in [1.82, 2.24) is 15.8 Å². The van der Waals surface area contributed by atoms with Gasteiger partial charge in [0.1, 0.15) is 5.76 Å². The van der Waals surface area contributed by atoms with Crippen LogP contribution in [-0.2, 0) is 6.42 Å². The third-order valence-electron chi connectivity index (χ3n) is 3.88. The van der Waals surface area contributed by atoms with E-state index in [1.807, 2.05) is 26.0 Å². The second-order valence-electron chi connectivity index (χ2n) is 5.70. The molecule has 0 aliphatic carbocycles. The number of benzene rings is 1. The molecule has 0 fully saturated rings. The van der Waals surface area contributed by atoms with Gasteiger partial charge >= 0.3 is 0 Å². The highest BCUT2D eigenvalue weighted by molar-refractivity contribution is 14.0. The van der Waals surface area contributed by atoms with E-state index in [1.165, 1.54) is 5.56 Å². The van der Waals surface area contributed by atoms with Crippen molar-refractivity contribution in [3.8, 4) is 0 Å². The molecule has 0 saturated carbocycles. The summed E-state index contributed by atoms with van der Waals surface area (Å²) in [6.07, 6.45) is 0.821. The van der Waals surface area contributed by atoms with Crippen molar-refractivity contribution in [2.75, 3.05) is 13.1 Å². The van der Waals surface area contributed by atoms with Gasteiger partial charge < -0.3 is 15.2 Å². The second-order valence-corrected chi connectivity index (χ2v) is 6.56. The Kier molecular flexibility index (Phi) is 9.48. The minimum atomic E-state index is 0. The zero-order chi connectivity index (χ0) is 17.5. The van der Waals surface area contributed by atoms with Crippen molar-refractivity contribution < 1.29 is 4.52 Å². The van der Waals surface area contributed by atoms with Crippen LogP contribution in [0.5, 0.6) is 0 Å². The summed E-state index contributed by atoms with van der Waals surface area (Å²) in [5.41, 5.74) is 3.30. The van der Waals surface area contributed by atoms with E-state index in [1.54, 1.807) is 0 Å². The van der Waals surface area contributed by atoms with E-state index in [0.29, 0.717) is 6.54 Å². The first-order valence-corrected chi connectivity index (χ1v) is 9.03. The lowest BCUT2D eigenvalue weighted by Crippen LogP contribution is -2.39.